The van der Waals surface area contributed by atoms with Gasteiger partial charge in [0.15, 0.2) is 6.23 Å². The van der Waals surface area contributed by atoms with Gasteiger partial charge in [-0.05, 0) is 18.2 Å². The Morgan fingerprint density at radius 2 is 1.96 bits per heavy atom. The zero-order chi connectivity index (χ0) is 19.2. The predicted octanol–water partition coefficient (Wildman–Crippen LogP) is -0.928. The van der Waals surface area contributed by atoms with Crippen molar-refractivity contribution in [3.63, 3.8) is 0 Å². The topological polar surface area (TPSA) is 171 Å². The molecule has 2 aromatic rings. The van der Waals surface area contributed by atoms with Crippen LogP contribution in [0.5, 0.6) is 0 Å². The summed E-state index contributed by atoms with van der Waals surface area (Å²) in [6.45, 7) is -0.726. The molecule has 0 spiro atoms. The number of hydrogen-bond donors (Lipinski definition) is 5. The van der Waals surface area contributed by atoms with Crippen LogP contribution in [0.3, 0.4) is 0 Å². The Hall–Kier alpha value is -1.56. The number of aromatic nitrogens is 2. The van der Waals surface area contributed by atoms with Crippen LogP contribution in [0.25, 0.3) is 10.9 Å². The maximum Gasteiger partial charge on any atom is 0.469 e. The Balaban J connectivity index is 2.04. The molecule has 0 aliphatic carbocycles. The van der Waals surface area contributed by atoms with Crippen LogP contribution in [0.15, 0.2) is 27.8 Å². The van der Waals surface area contributed by atoms with Crippen LogP contribution >= 0.6 is 19.4 Å². The first-order chi connectivity index (χ1) is 12.1. The minimum atomic E-state index is -4.82. The van der Waals surface area contributed by atoms with E-state index in [1.165, 1.54) is 18.2 Å². The summed E-state index contributed by atoms with van der Waals surface area (Å²) in [7, 11) is -4.82. The van der Waals surface area contributed by atoms with Crippen molar-refractivity contribution in [3.8, 4) is 0 Å². The number of benzene rings is 1. The van der Waals surface area contributed by atoms with Gasteiger partial charge in [-0.2, -0.15) is 0 Å². The number of halogens is 1. The van der Waals surface area contributed by atoms with Crippen LogP contribution in [0, 0.1) is 0 Å². The van der Waals surface area contributed by atoms with E-state index in [1.54, 1.807) is 0 Å². The first-order valence-corrected chi connectivity index (χ1v) is 9.15. The Morgan fingerprint density at radius 1 is 1.27 bits per heavy atom. The Morgan fingerprint density at radius 3 is 2.62 bits per heavy atom. The Kier molecular flexibility index (Phi) is 5.08. The fraction of sp³-hybridized carbons (Fsp3) is 0.385. The van der Waals surface area contributed by atoms with Gasteiger partial charge in [0.05, 0.1) is 17.5 Å². The molecule has 5 N–H and O–H groups in total. The van der Waals surface area contributed by atoms with Crippen LogP contribution < -0.4 is 11.2 Å². The summed E-state index contributed by atoms with van der Waals surface area (Å²) < 4.78 is 21.3. The lowest BCUT2D eigenvalue weighted by Crippen LogP contribution is -2.38. The molecule has 0 unspecified atom stereocenters. The maximum absolute atomic E-state index is 12.3. The summed E-state index contributed by atoms with van der Waals surface area (Å²) in [5, 5.41) is 20.6. The van der Waals surface area contributed by atoms with E-state index in [-0.39, 0.29) is 15.9 Å². The number of nitrogens with zero attached hydrogens (tertiary/aromatic N) is 1. The number of fused-ring (bicyclic) bond motifs is 1. The lowest BCUT2D eigenvalue weighted by molar-refractivity contribution is -0.0520. The van der Waals surface area contributed by atoms with Crippen molar-refractivity contribution in [1.29, 1.82) is 0 Å². The second kappa shape index (κ2) is 6.87. The fourth-order valence-corrected chi connectivity index (χ4v) is 3.24. The third-order valence-corrected chi connectivity index (χ3v) is 4.62. The van der Waals surface area contributed by atoms with Gasteiger partial charge in [-0.3, -0.25) is 18.9 Å². The number of aliphatic hydroxyl groups is 2. The van der Waals surface area contributed by atoms with Crippen molar-refractivity contribution in [2.45, 2.75) is 24.5 Å². The van der Waals surface area contributed by atoms with Gasteiger partial charge in [0.1, 0.15) is 18.3 Å². The van der Waals surface area contributed by atoms with Crippen molar-refractivity contribution >= 4 is 30.3 Å². The Bertz CT molecular complexity index is 999. The molecule has 26 heavy (non-hydrogen) atoms. The van der Waals surface area contributed by atoms with E-state index < -0.39 is 50.2 Å². The average Bonchev–Trinajstić information content (AvgIpc) is 2.80. The van der Waals surface area contributed by atoms with Crippen molar-refractivity contribution in [2.24, 2.45) is 0 Å². The molecule has 1 aromatic heterocycles. The standard InChI is InChI=1S/C13H14ClN2O9P/c14-5-1-2-6-7(3-5)16(13(20)15-11(6)19)12-10(18)9(17)8(25-12)4-24-26(21,22)23/h1-3,8-10,12,17-18H,4H2,(H,15,19,20)(H2,21,22,23)/t8-,9+,10-,12-/m1/s1. The molecule has 13 heteroatoms. The fourth-order valence-electron chi connectivity index (χ4n) is 2.73. The molecule has 1 aliphatic heterocycles. The number of phosphoric acid groups is 1. The van der Waals surface area contributed by atoms with Crippen molar-refractivity contribution in [1.82, 2.24) is 9.55 Å². The number of hydrogen-bond acceptors (Lipinski definition) is 7. The number of nitrogens with one attached hydrogen (secondary N) is 1. The highest BCUT2D eigenvalue weighted by atomic mass is 35.5. The third-order valence-electron chi connectivity index (χ3n) is 3.90. The summed E-state index contributed by atoms with van der Waals surface area (Å²) in [5.74, 6) is 0. The van der Waals surface area contributed by atoms with Crippen LogP contribution in [0.4, 0.5) is 0 Å². The first kappa shape index (κ1) is 19.2. The molecule has 1 saturated heterocycles. The van der Waals surface area contributed by atoms with E-state index in [2.05, 4.69) is 9.51 Å². The van der Waals surface area contributed by atoms with Crippen molar-refractivity contribution in [2.75, 3.05) is 6.61 Å². The largest absolute Gasteiger partial charge is 0.469 e. The molecule has 0 bridgehead atoms. The number of ether oxygens (including phenoxy) is 1. The molecule has 142 valence electrons. The quantitative estimate of drug-likeness (QED) is 0.401. The molecular formula is C13H14ClN2O9P. The van der Waals surface area contributed by atoms with Gasteiger partial charge in [-0.25, -0.2) is 9.36 Å². The molecule has 2 heterocycles. The molecular weight excluding hydrogens is 395 g/mol. The normalized spacial score (nSPS) is 26.5. The lowest BCUT2D eigenvalue weighted by Gasteiger charge is -2.19. The van der Waals surface area contributed by atoms with Gasteiger partial charge in [-0.15, -0.1) is 0 Å². The van der Waals surface area contributed by atoms with Gasteiger partial charge < -0.3 is 24.7 Å². The number of aromatic amines is 1. The smallest absolute Gasteiger partial charge is 0.387 e. The molecule has 4 atom stereocenters. The summed E-state index contributed by atoms with van der Waals surface area (Å²) in [4.78, 5) is 43.7. The first-order valence-electron chi connectivity index (χ1n) is 7.24. The predicted molar refractivity (Wildman–Crippen MR) is 87.8 cm³/mol. The van der Waals surface area contributed by atoms with Crippen LogP contribution in [-0.4, -0.2) is 54.5 Å². The molecule has 0 saturated carbocycles. The highest BCUT2D eigenvalue weighted by Gasteiger charge is 2.45. The highest BCUT2D eigenvalue weighted by Crippen LogP contribution is 2.38. The van der Waals surface area contributed by atoms with Gasteiger partial charge in [-0.1, -0.05) is 11.6 Å². The molecule has 1 fully saturated rings. The van der Waals surface area contributed by atoms with E-state index in [4.69, 9.17) is 26.1 Å². The van der Waals surface area contributed by atoms with Crippen LogP contribution in [-0.2, 0) is 13.8 Å². The highest BCUT2D eigenvalue weighted by molar-refractivity contribution is 7.46. The van der Waals surface area contributed by atoms with Crippen LogP contribution in [0.2, 0.25) is 5.02 Å². The summed E-state index contributed by atoms with van der Waals surface area (Å²) in [6, 6.07) is 4.12. The van der Waals surface area contributed by atoms with Gasteiger partial charge in [0, 0.05) is 5.02 Å². The SMILES string of the molecule is O=c1[nH]c(=O)n([C@@H]2O[C@H](COP(=O)(O)O)[C@H](O)[C@H]2O)c2cc(Cl)ccc12. The number of rotatable bonds is 4. The molecule has 1 aliphatic rings. The number of aliphatic hydroxyl groups excluding tert-OH is 2. The second-order valence-electron chi connectivity index (χ2n) is 5.62. The maximum atomic E-state index is 12.3. The lowest BCUT2D eigenvalue weighted by atomic mass is 10.1. The van der Waals surface area contributed by atoms with Crippen LogP contribution in [0.1, 0.15) is 6.23 Å². The van der Waals surface area contributed by atoms with E-state index in [1.807, 2.05) is 0 Å². The molecule has 0 amide bonds. The second-order valence-corrected chi connectivity index (χ2v) is 7.30. The minimum Gasteiger partial charge on any atom is -0.387 e. The van der Waals surface area contributed by atoms with Crippen molar-refractivity contribution in [3.05, 3.63) is 44.1 Å². The Labute approximate surface area is 149 Å². The molecule has 1 aromatic carbocycles. The molecule has 0 radical (unpaired) electrons. The number of H-pyrrole nitrogens is 1. The van der Waals surface area contributed by atoms with E-state index >= 15 is 0 Å². The third kappa shape index (κ3) is 3.61. The van der Waals surface area contributed by atoms with Crippen molar-refractivity contribution < 1.29 is 33.8 Å². The van der Waals surface area contributed by atoms with E-state index in [0.717, 1.165) is 4.57 Å². The van der Waals surface area contributed by atoms with Gasteiger partial charge >= 0.3 is 13.5 Å². The van der Waals surface area contributed by atoms with E-state index in [0.29, 0.717) is 0 Å². The monoisotopic (exact) mass is 408 g/mol. The summed E-state index contributed by atoms with van der Waals surface area (Å²) in [6.07, 6.45) is -6.00. The molecule has 11 nitrogen and oxygen atoms in total. The van der Waals surface area contributed by atoms with Gasteiger partial charge in [0.2, 0.25) is 0 Å². The van der Waals surface area contributed by atoms with E-state index in [9.17, 15) is 24.4 Å². The van der Waals surface area contributed by atoms with Gasteiger partial charge in [0.25, 0.3) is 5.56 Å². The summed E-state index contributed by atoms with van der Waals surface area (Å²) >= 11 is 5.91. The average molecular weight is 409 g/mol. The molecule has 3 rings (SSSR count). The zero-order valence-electron chi connectivity index (χ0n) is 12.9. The summed E-state index contributed by atoms with van der Waals surface area (Å²) in [5.41, 5.74) is -1.54. The minimum absolute atomic E-state index is 0.0547. The number of phosphoric ester groups is 1. The zero-order valence-corrected chi connectivity index (χ0v) is 14.5.